The van der Waals surface area contributed by atoms with Gasteiger partial charge in [0.25, 0.3) is 10.0 Å². The Morgan fingerprint density at radius 1 is 1.21 bits per heavy atom. The fourth-order valence-electron chi connectivity index (χ4n) is 2.15. The Morgan fingerprint density at radius 2 is 1.92 bits per heavy atom. The lowest BCUT2D eigenvalue weighted by Crippen LogP contribution is -2.13. The highest BCUT2D eigenvalue weighted by Crippen LogP contribution is 2.39. The van der Waals surface area contributed by atoms with E-state index in [2.05, 4.69) is 11.3 Å². The number of benzene rings is 1. The van der Waals surface area contributed by atoms with E-state index in [1.165, 1.54) is 11.3 Å². The van der Waals surface area contributed by atoms with Crippen LogP contribution in [0.1, 0.15) is 10.4 Å². The van der Waals surface area contributed by atoms with Crippen LogP contribution in [0.2, 0.25) is 0 Å². The number of rotatable bonds is 5. The molecule has 4 nitrogen and oxygen atoms in total. The molecule has 7 heteroatoms. The molecule has 3 rings (SSSR count). The molecule has 0 fully saturated rings. The summed E-state index contributed by atoms with van der Waals surface area (Å²) >= 11 is 2.85. The van der Waals surface area contributed by atoms with Crippen LogP contribution in [0.5, 0.6) is 0 Å². The quantitative estimate of drug-likeness (QED) is 0.607. The van der Waals surface area contributed by atoms with Gasteiger partial charge in [0.15, 0.2) is 0 Å². The summed E-state index contributed by atoms with van der Waals surface area (Å²) in [5.41, 5.74) is 2.29. The van der Waals surface area contributed by atoms with Gasteiger partial charge >= 0.3 is 0 Å². The Bertz CT molecular complexity index is 969. The summed E-state index contributed by atoms with van der Waals surface area (Å²) in [7, 11) is -3.73. The first-order chi connectivity index (χ1) is 11.4. The summed E-state index contributed by atoms with van der Waals surface area (Å²) in [5.74, 6) is -0.164. The summed E-state index contributed by atoms with van der Waals surface area (Å²) in [5, 5.41) is 13.7. The van der Waals surface area contributed by atoms with Crippen LogP contribution in [-0.4, -0.2) is 13.5 Å². The van der Waals surface area contributed by atoms with Gasteiger partial charge in [-0.2, -0.15) is 11.3 Å². The highest BCUT2D eigenvalue weighted by molar-refractivity contribution is 7.92. The van der Waals surface area contributed by atoms with Crippen LogP contribution in [0.3, 0.4) is 0 Å². The third kappa shape index (κ3) is 3.38. The van der Waals surface area contributed by atoms with Crippen LogP contribution >= 0.6 is 22.7 Å². The summed E-state index contributed by atoms with van der Waals surface area (Å²) in [4.78, 5) is 1.45. The maximum Gasteiger partial charge on any atom is 0.261 e. The van der Waals surface area contributed by atoms with Crippen LogP contribution in [0.4, 0.5) is 5.69 Å². The molecule has 124 valence electrons. The molecule has 0 spiro atoms. The topological polar surface area (TPSA) is 66.4 Å². The minimum absolute atomic E-state index is 0.164. The fraction of sp³-hybridized carbons (Fsp3) is 0.0588. The first-order valence-corrected chi connectivity index (χ1v) is 10.3. The van der Waals surface area contributed by atoms with Crippen LogP contribution in [0, 0.1) is 6.92 Å². The zero-order valence-corrected chi connectivity index (χ0v) is 15.3. The average Bonchev–Trinajstić information content (AvgIpc) is 3.16. The Labute approximate surface area is 148 Å². The van der Waals surface area contributed by atoms with Crippen molar-refractivity contribution in [1.82, 2.24) is 0 Å². The van der Waals surface area contributed by atoms with E-state index in [0.717, 1.165) is 16.0 Å². The van der Waals surface area contributed by atoms with Gasteiger partial charge in [-0.1, -0.05) is 24.3 Å². The van der Waals surface area contributed by atoms with Gasteiger partial charge in [0.05, 0.1) is 15.5 Å². The van der Waals surface area contributed by atoms with Crippen LogP contribution in [0.15, 0.2) is 58.6 Å². The predicted octanol–water partition coefficient (Wildman–Crippen LogP) is 5.11. The van der Waals surface area contributed by atoms with E-state index in [1.807, 2.05) is 23.8 Å². The van der Waals surface area contributed by atoms with Crippen molar-refractivity contribution in [1.29, 1.82) is 0 Å². The molecule has 0 amide bonds. The molecule has 3 aromatic rings. The summed E-state index contributed by atoms with van der Waals surface area (Å²) < 4.78 is 27.7. The van der Waals surface area contributed by atoms with E-state index in [-0.39, 0.29) is 10.7 Å². The van der Waals surface area contributed by atoms with E-state index in [1.54, 1.807) is 41.7 Å². The highest BCUT2D eigenvalue weighted by atomic mass is 32.2. The number of hydrogen-bond donors (Lipinski definition) is 2. The lowest BCUT2D eigenvalue weighted by molar-refractivity contribution is 0.516. The SMILES string of the molecule is C=C(O)c1sc(-c2ccsc2)cc1NS(=O)(=O)c1ccc(C)cc1. The molecule has 0 saturated heterocycles. The van der Waals surface area contributed by atoms with Crippen molar-refractivity contribution in [3.8, 4) is 10.4 Å². The fourth-order valence-corrected chi connectivity index (χ4v) is 4.99. The monoisotopic (exact) mass is 377 g/mol. The second kappa shape index (κ2) is 6.43. The van der Waals surface area contributed by atoms with E-state index in [0.29, 0.717) is 10.6 Å². The van der Waals surface area contributed by atoms with Gasteiger partial charge in [0.1, 0.15) is 5.76 Å². The van der Waals surface area contributed by atoms with E-state index in [9.17, 15) is 13.5 Å². The first-order valence-electron chi connectivity index (χ1n) is 7.01. The maximum absolute atomic E-state index is 12.6. The van der Waals surface area contributed by atoms with Crippen LogP contribution < -0.4 is 4.72 Å². The largest absolute Gasteiger partial charge is 0.507 e. The van der Waals surface area contributed by atoms with Gasteiger partial charge < -0.3 is 5.11 Å². The van der Waals surface area contributed by atoms with Gasteiger partial charge in [0, 0.05) is 10.4 Å². The van der Waals surface area contributed by atoms with Crippen molar-refractivity contribution in [2.75, 3.05) is 4.72 Å². The van der Waals surface area contributed by atoms with E-state index >= 15 is 0 Å². The summed E-state index contributed by atoms with van der Waals surface area (Å²) in [6, 6.07) is 10.2. The molecular formula is C17H15NO3S3. The molecule has 0 aliphatic heterocycles. The molecule has 0 saturated carbocycles. The zero-order chi connectivity index (χ0) is 17.3. The van der Waals surface area contributed by atoms with Gasteiger partial charge in [0.2, 0.25) is 0 Å². The standard InChI is InChI=1S/C17H15NO3S3/c1-11-3-5-14(6-4-11)24(20,21)18-15-9-16(13-7-8-22-10-13)23-17(15)12(2)19/h3-10,18-19H,2H2,1H3. The van der Waals surface area contributed by atoms with Crippen molar-refractivity contribution in [2.24, 2.45) is 0 Å². The predicted molar refractivity (Wildman–Crippen MR) is 101 cm³/mol. The number of hydrogen-bond acceptors (Lipinski definition) is 5. The van der Waals surface area contributed by atoms with Crippen molar-refractivity contribution in [2.45, 2.75) is 11.8 Å². The van der Waals surface area contributed by atoms with Crippen LogP contribution in [0.25, 0.3) is 16.2 Å². The van der Waals surface area contributed by atoms with Crippen molar-refractivity contribution >= 4 is 44.1 Å². The number of thiophene rings is 2. The Balaban J connectivity index is 1.99. The van der Waals surface area contributed by atoms with Gasteiger partial charge in [-0.25, -0.2) is 8.42 Å². The van der Waals surface area contributed by atoms with Gasteiger partial charge in [-0.3, -0.25) is 4.72 Å². The Hall–Kier alpha value is -2.09. The normalized spacial score (nSPS) is 11.4. The molecule has 2 N–H and O–H groups in total. The van der Waals surface area contributed by atoms with Crippen molar-refractivity contribution in [3.05, 3.63) is 64.2 Å². The van der Waals surface area contributed by atoms with Crippen LogP contribution in [-0.2, 0) is 10.0 Å². The van der Waals surface area contributed by atoms with Gasteiger partial charge in [-0.15, -0.1) is 11.3 Å². The number of aryl methyl sites for hydroxylation is 1. The second-order valence-electron chi connectivity index (χ2n) is 5.23. The minimum atomic E-state index is -3.73. The number of aliphatic hydroxyl groups is 1. The molecule has 2 aromatic heterocycles. The molecule has 0 bridgehead atoms. The first kappa shape index (κ1) is 16.8. The Morgan fingerprint density at radius 3 is 2.50 bits per heavy atom. The lowest BCUT2D eigenvalue weighted by atomic mass is 10.2. The lowest BCUT2D eigenvalue weighted by Gasteiger charge is -2.08. The number of nitrogens with one attached hydrogen (secondary N) is 1. The smallest absolute Gasteiger partial charge is 0.261 e. The molecule has 0 aliphatic carbocycles. The highest BCUT2D eigenvalue weighted by Gasteiger charge is 2.20. The summed E-state index contributed by atoms with van der Waals surface area (Å²) in [6.07, 6.45) is 0. The van der Waals surface area contributed by atoms with Gasteiger partial charge in [-0.05, 0) is 41.9 Å². The Kier molecular flexibility index (Phi) is 4.49. The minimum Gasteiger partial charge on any atom is -0.507 e. The number of aliphatic hydroxyl groups excluding tert-OH is 1. The third-order valence-electron chi connectivity index (χ3n) is 3.38. The number of anilines is 1. The summed E-state index contributed by atoms with van der Waals surface area (Å²) in [6.45, 7) is 5.42. The van der Waals surface area contributed by atoms with Crippen molar-refractivity contribution in [3.63, 3.8) is 0 Å². The molecular weight excluding hydrogens is 362 g/mol. The maximum atomic E-state index is 12.6. The number of sulfonamides is 1. The molecule has 2 heterocycles. The second-order valence-corrected chi connectivity index (χ2v) is 8.75. The van der Waals surface area contributed by atoms with E-state index in [4.69, 9.17) is 0 Å². The molecule has 0 radical (unpaired) electrons. The molecule has 0 atom stereocenters. The zero-order valence-electron chi connectivity index (χ0n) is 12.8. The molecule has 1 aromatic carbocycles. The third-order valence-corrected chi connectivity index (χ3v) is 6.67. The molecule has 0 aliphatic rings. The van der Waals surface area contributed by atoms with Crippen molar-refractivity contribution < 1.29 is 13.5 Å². The molecule has 0 unspecified atom stereocenters. The average molecular weight is 378 g/mol. The molecule has 24 heavy (non-hydrogen) atoms. The van der Waals surface area contributed by atoms with E-state index < -0.39 is 10.0 Å².